The van der Waals surface area contributed by atoms with Crippen molar-refractivity contribution in [3.8, 4) is 0 Å². The summed E-state index contributed by atoms with van der Waals surface area (Å²) in [4.78, 5) is 0. The molecule has 0 N–H and O–H groups in total. The summed E-state index contributed by atoms with van der Waals surface area (Å²) < 4.78 is 0. The van der Waals surface area contributed by atoms with E-state index < -0.39 is 0 Å². The van der Waals surface area contributed by atoms with Crippen LogP contribution in [0.15, 0.2) is 10.2 Å². The Morgan fingerprint density at radius 3 is 1.38 bits per heavy atom. The number of thioether (sulfide) groups is 1. The molecule has 0 aromatic heterocycles. The fraction of sp³-hybridized carbons (Fsp3) is 1.00. The second-order valence-corrected chi connectivity index (χ2v) is 11.7. The molecule has 2 nitrogen and oxygen atoms in total. The average Bonchev–Trinajstić information content (AvgIpc) is 2.83. The number of thiol groups is 1. The second-order valence-electron chi connectivity index (χ2n) is 10.0. The summed E-state index contributed by atoms with van der Waals surface area (Å²) in [5.74, 6) is 1.94. The topological polar surface area (TPSA) is 24.7 Å². The van der Waals surface area contributed by atoms with Crippen molar-refractivity contribution < 1.29 is 0 Å². The summed E-state index contributed by atoms with van der Waals surface area (Å²) in [6.07, 6.45) is 33.9. The van der Waals surface area contributed by atoms with Gasteiger partial charge < -0.3 is 0 Å². The third-order valence-corrected chi connectivity index (χ3v) is 8.46. The van der Waals surface area contributed by atoms with E-state index in [0.29, 0.717) is 0 Å². The molecule has 0 spiro atoms. The van der Waals surface area contributed by atoms with Gasteiger partial charge in [-0.1, -0.05) is 128 Å². The molecule has 1 fully saturated rings. The SMILES string of the molecule is SCCCCCCCCCCCCCCN=NCSC1CCCCCCCCCCCC1. The zero-order valence-electron chi connectivity index (χ0n) is 21.4. The van der Waals surface area contributed by atoms with Gasteiger partial charge in [-0.2, -0.15) is 22.9 Å². The molecule has 190 valence electrons. The van der Waals surface area contributed by atoms with Crippen molar-refractivity contribution in [1.82, 2.24) is 0 Å². The third-order valence-electron chi connectivity index (χ3n) is 6.94. The highest BCUT2D eigenvalue weighted by Crippen LogP contribution is 2.25. The van der Waals surface area contributed by atoms with Gasteiger partial charge in [-0.3, -0.25) is 0 Å². The highest BCUT2D eigenvalue weighted by molar-refractivity contribution is 7.99. The minimum absolute atomic E-state index is 0.822. The van der Waals surface area contributed by atoms with E-state index in [2.05, 4.69) is 34.6 Å². The molecule has 0 aromatic carbocycles. The molecule has 0 atom stereocenters. The van der Waals surface area contributed by atoms with Gasteiger partial charge in [-0.25, -0.2) is 0 Å². The Kier molecular flexibility index (Phi) is 24.6. The maximum atomic E-state index is 4.49. The Morgan fingerprint density at radius 1 is 0.500 bits per heavy atom. The van der Waals surface area contributed by atoms with E-state index in [1.165, 1.54) is 154 Å². The number of rotatable bonds is 17. The largest absolute Gasteiger partial charge is 0.193 e. The minimum Gasteiger partial charge on any atom is -0.193 e. The molecule has 0 aliphatic heterocycles. The van der Waals surface area contributed by atoms with Crippen molar-refractivity contribution >= 4 is 24.4 Å². The van der Waals surface area contributed by atoms with Gasteiger partial charge in [0, 0.05) is 5.25 Å². The molecule has 4 heteroatoms. The number of nitrogens with zero attached hydrogens (tertiary/aromatic N) is 2. The zero-order chi connectivity index (χ0) is 22.8. The zero-order valence-corrected chi connectivity index (χ0v) is 23.1. The monoisotopic (exact) mass is 484 g/mol. The Morgan fingerprint density at radius 2 is 0.906 bits per heavy atom. The van der Waals surface area contributed by atoms with Crippen LogP contribution in [0.4, 0.5) is 0 Å². The lowest BCUT2D eigenvalue weighted by atomic mass is 10.1. The van der Waals surface area contributed by atoms with Crippen molar-refractivity contribution in [2.75, 3.05) is 18.2 Å². The lowest BCUT2D eigenvalue weighted by Gasteiger charge is -2.15. The maximum Gasteiger partial charge on any atom is 0.105 e. The van der Waals surface area contributed by atoms with E-state index in [0.717, 1.165) is 23.4 Å². The van der Waals surface area contributed by atoms with E-state index in [9.17, 15) is 0 Å². The molecule has 0 aromatic rings. The van der Waals surface area contributed by atoms with Gasteiger partial charge in [0.15, 0.2) is 0 Å². The maximum absolute atomic E-state index is 4.49. The summed E-state index contributed by atoms with van der Waals surface area (Å²) >= 11 is 6.35. The molecular weight excluding hydrogens is 428 g/mol. The molecule has 1 saturated carbocycles. The molecule has 1 aliphatic carbocycles. The normalized spacial score (nSPS) is 17.8. The molecule has 1 rings (SSSR count). The fourth-order valence-corrected chi connectivity index (χ4v) is 6.03. The van der Waals surface area contributed by atoms with Crippen molar-refractivity contribution in [3.63, 3.8) is 0 Å². The fourth-order valence-electron chi connectivity index (χ4n) is 4.78. The molecule has 0 bridgehead atoms. The van der Waals surface area contributed by atoms with Crippen LogP contribution in [-0.2, 0) is 0 Å². The van der Waals surface area contributed by atoms with Crippen LogP contribution in [0.5, 0.6) is 0 Å². The molecule has 0 unspecified atom stereocenters. The van der Waals surface area contributed by atoms with Crippen LogP contribution in [0.1, 0.15) is 154 Å². The molecule has 0 heterocycles. The smallest absolute Gasteiger partial charge is 0.105 e. The first kappa shape index (κ1) is 30.3. The van der Waals surface area contributed by atoms with Crippen molar-refractivity contribution in [3.05, 3.63) is 0 Å². The predicted octanol–water partition coefficient (Wildman–Crippen LogP) is 10.8. The molecule has 1 aliphatic rings. The molecule has 32 heavy (non-hydrogen) atoms. The third kappa shape index (κ3) is 22.1. The summed E-state index contributed by atoms with van der Waals surface area (Å²) in [6.45, 7) is 0.942. The predicted molar refractivity (Wildman–Crippen MR) is 151 cm³/mol. The Labute approximate surface area is 211 Å². The number of unbranched alkanes of at least 4 members (excludes halogenated alkanes) is 11. The van der Waals surface area contributed by atoms with Crippen molar-refractivity contribution in [2.24, 2.45) is 10.2 Å². The van der Waals surface area contributed by atoms with Gasteiger partial charge >= 0.3 is 0 Å². The quantitative estimate of drug-likeness (QED) is 0.124. The molecule has 0 saturated heterocycles. The Bertz CT molecular complexity index is 376. The standard InChI is InChI=1S/C28H56N2S2/c31-26-22-18-14-10-6-2-1-5-9-13-17-21-25-29-30-27-32-28-23-19-15-11-7-3-4-8-12-16-20-24-28/h28,31H,1-27H2. The number of azo groups is 1. The first-order valence-electron chi connectivity index (χ1n) is 14.5. The lowest BCUT2D eigenvalue weighted by molar-refractivity contribution is 0.545. The van der Waals surface area contributed by atoms with Crippen LogP contribution in [0.25, 0.3) is 0 Å². The minimum atomic E-state index is 0.822. The van der Waals surface area contributed by atoms with Crippen molar-refractivity contribution in [2.45, 2.75) is 159 Å². The lowest BCUT2D eigenvalue weighted by Crippen LogP contribution is -2.03. The van der Waals surface area contributed by atoms with Crippen LogP contribution in [-0.4, -0.2) is 23.4 Å². The van der Waals surface area contributed by atoms with E-state index in [1.54, 1.807) is 0 Å². The van der Waals surface area contributed by atoms with Crippen LogP contribution >= 0.6 is 24.4 Å². The summed E-state index contributed by atoms with van der Waals surface area (Å²) in [6, 6.07) is 0. The van der Waals surface area contributed by atoms with Crippen LogP contribution in [0.2, 0.25) is 0 Å². The Balaban J connectivity index is 1.90. The molecule has 0 radical (unpaired) electrons. The van der Waals surface area contributed by atoms with E-state index in [-0.39, 0.29) is 0 Å². The highest BCUT2D eigenvalue weighted by atomic mass is 32.2. The van der Waals surface area contributed by atoms with Gasteiger partial charge in [0.1, 0.15) is 5.88 Å². The first-order valence-corrected chi connectivity index (χ1v) is 16.2. The van der Waals surface area contributed by atoms with E-state index in [1.807, 2.05) is 0 Å². The first-order chi connectivity index (χ1) is 15.9. The molecular formula is C28H56N2S2. The van der Waals surface area contributed by atoms with E-state index in [4.69, 9.17) is 0 Å². The van der Waals surface area contributed by atoms with E-state index >= 15 is 0 Å². The summed E-state index contributed by atoms with van der Waals surface area (Å²) in [7, 11) is 0. The van der Waals surface area contributed by atoms with Crippen LogP contribution in [0.3, 0.4) is 0 Å². The number of hydrogen-bond donors (Lipinski definition) is 1. The summed E-state index contributed by atoms with van der Waals surface area (Å²) in [5.41, 5.74) is 0. The second kappa shape index (κ2) is 25.9. The van der Waals surface area contributed by atoms with Crippen LogP contribution in [0, 0.1) is 0 Å². The molecule has 0 amide bonds. The Hall–Kier alpha value is 0.300. The van der Waals surface area contributed by atoms with Crippen LogP contribution < -0.4 is 0 Å². The highest BCUT2D eigenvalue weighted by Gasteiger charge is 2.09. The van der Waals surface area contributed by atoms with Crippen molar-refractivity contribution in [1.29, 1.82) is 0 Å². The number of hydrogen-bond acceptors (Lipinski definition) is 4. The van der Waals surface area contributed by atoms with Gasteiger partial charge in [0.25, 0.3) is 0 Å². The van der Waals surface area contributed by atoms with Gasteiger partial charge in [-0.05, 0) is 31.4 Å². The van der Waals surface area contributed by atoms with Gasteiger partial charge in [0.2, 0.25) is 0 Å². The van der Waals surface area contributed by atoms with Gasteiger partial charge in [0.05, 0.1) is 6.54 Å². The van der Waals surface area contributed by atoms with Gasteiger partial charge in [-0.15, -0.1) is 11.8 Å². The summed E-state index contributed by atoms with van der Waals surface area (Å²) in [5, 5.41) is 9.77. The average molecular weight is 485 g/mol.